The zero-order valence-corrected chi connectivity index (χ0v) is 17.7. The lowest BCUT2D eigenvalue weighted by atomic mass is 10.0. The van der Waals surface area contributed by atoms with Crippen LogP contribution in [0.5, 0.6) is 5.88 Å². The number of amides is 1. The van der Waals surface area contributed by atoms with Crippen LogP contribution in [0.15, 0.2) is 47.8 Å². The third-order valence-corrected chi connectivity index (χ3v) is 5.00. The van der Waals surface area contributed by atoms with Crippen molar-refractivity contribution in [3.63, 3.8) is 0 Å². The van der Waals surface area contributed by atoms with Crippen molar-refractivity contribution in [2.45, 2.75) is 32.8 Å². The Balaban J connectivity index is 1.43. The lowest BCUT2D eigenvalue weighted by Gasteiger charge is -2.22. The summed E-state index contributed by atoms with van der Waals surface area (Å²) < 4.78 is 23.7. The van der Waals surface area contributed by atoms with Gasteiger partial charge < -0.3 is 19.6 Å². The summed E-state index contributed by atoms with van der Waals surface area (Å²) in [5.41, 5.74) is 2.37. The first kappa shape index (κ1) is 22.7. The Bertz CT molecular complexity index is 850. The Labute approximate surface area is 181 Å². The highest BCUT2D eigenvalue weighted by Crippen LogP contribution is 2.14. The highest BCUT2D eigenvalue weighted by Gasteiger charge is 2.15. The van der Waals surface area contributed by atoms with Crippen LogP contribution in [0.3, 0.4) is 0 Å². The topological polar surface area (TPSA) is 82.0 Å². The molecule has 1 aliphatic heterocycles. The van der Waals surface area contributed by atoms with E-state index in [9.17, 15) is 9.18 Å². The second-order valence-corrected chi connectivity index (χ2v) is 7.33. The number of nitrogens with one attached hydrogen (secondary N) is 1. The summed E-state index contributed by atoms with van der Waals surface area (Å²) >= 11 is 0. The predicted octanol–water partition coefficient (Wildman–Crippen LogP) is 3.47. The third-order valence-electron chi connectivity index (χ3n) is 5.00. The Kier molecular flexibility index (Phi) is 8.78. The van der Waals surface area contributed by atoms with E-state index in [1.165, 1.54) is 12.1 Å². The van der Waals surface area contributed by atoms with Crippen LogP contribution in [0.2, 0.25) is 0 Å². The summed E-state index contributed by atoms with van der Waals surface area (Å²) in [6.07, 6.45) is 4.23. The fourth-order valence-corrected chi connectivity index (χ4v) is 3.12. The van der Waals surface area contributed by atoms with E-state index in [4.69, 9.17) is 14.3 Å². The molecule has 0 aliphatic carbocycles. The van der Waals surface area contributed by atoms with Gasteiger partial charge in [-0.1, -0.05) is 24.2 Å². The maximum absolute atomic E-state index is 12.9. The fraction of sp³-hybridized carbons (Fsp3) is 0.435. The van der Waals surface area contributed by atoms with Gasteiger partial charge in [0.25, 0.3) is 5.91 Å². The highest BCUT2D eigenvalue weighted by molar-refractivity contribution is 5.99. The van der Waals surface area contributed by atoms with Crippen molar-refractivity contribution in [3.05, 3.63) is 59.5 Å². The Morgan fingerprint density at radius 3 is 2.68 bits per heavy atom. The van der Waals surface area contributed by atoms with Crippen molar-refractivity contribution in [2.75, 3.05) is 26.4 Å². The number of oxime groups is 1. The molecular formula is C23H28FN3O4. The van der Waals surface area contributed by atoms with Gasteiger partial charge in [-0.2, -0.15) is 0 Å². The first-order valence-electron chi connectivity index (χ1n) is 10.5. The second-order valence-electron chi connectivity index (χ2n) is 7.33. The van der Waals surface area contributed by atoms with Gasteiger partial charge in [-0.3, -0.25) is 4.79 Å². The average molecular weight is 429 g/mol. The minimum atomic E-state index is -0.285. The lowest BCUT2D eigenvalue weighted by Crippen LogP contribution is -2.35. The number of benzene rings is 1. The number of carbonyl (C=O) groups excluding carboxylic acids is 1. The molecule has 0 saturated carbocycles. The van der Waals surface area contributed by atoms with Crippen LogP contribution in [-0.4, -0.2) is 43.0 Å². The second kappa shape index (κ2) is 12.0. The molecule has 2 heterocycles. The molecule has 2 aromatic rings. The minimum absolute atomic E-state index is 0.0783. The summed E-state index contributed by atoms with van der Waals surface area (Å²) in [4.78, 5) is 21.6. The average Bonchev–Trinajstić information content (AvgIpc) is 2.81. The monoisotopic (exact) mass is 429 g/mol. The molecule has 1 saturated heterocycles. The van der Waals surface area contributed by atoms with E-state index in [1.807, 2.05) is 13.0 Å². The number of halogens is 1. The molecule has 1 aromatic heterocycles. The van der Waals surface area contributed by atoms with Gasteiger partial charge in [-0.05, 0) is 48.9 Å². The van der Waals surface area contributed by atoms with Crippen LogP contribution in [0.4, 0.5) is 4.39 Å². The molecule has 0 unspecified atom stereocenters. The molecule has 3 rings (SSSR count). The summed E-state index contributed by atoms with van der Waals surface area (Å²) in [5, 5.41) is 7.07. The minimum Gasteiger partial charge on any atom is -0.468 e. The number of nitrogens with zero attached hydrogens (tertiary/aromatic N) is 2. The SMILES string of the molecule is CCC(=NOCc1ccc(F)cc1)c1ccc(OCC(=O)NCC2CCOCC2)nc1. The lowest BCUT2D eigenvalue weighted by molar-refractivity contribution is -0.123. The number of aromatic nitrogens is 1. The summed E-state index contributed by atoms with van der Waals surface area (Å²) in [7, 11) is 0. The van der Waals surface area contributed by atoms with E-state index in [0.29, 0.717) is 24.8 Å². The van der Waals surface area contributed by atoms with Gasteiger partial charge in [0, 0.05) is 37.6 Å². The van der Waals surface area contributed by atoms with E-state index in [2.05, 4.69) is 15.5 Å². The molecule has 1 fully saturated rings. The molecule has 1 aliphatic rings. The maximum Gasteiger partial charge on any atom is 0.258 e. The third kappa shape index (κ3) is 7.64. The molecule has 0 atom stereocenters. The molecule has 166 valence electrons. The zero-order valence-electron chi connectivity index (χ0n) is 17.7. The number of ether oxygens (including phenoxy) is 2. The van der Waals surface area contributed by atoms with Crippen LogP contribution in [0.1, 0.15) is 37.3 Å². The van der Waals surface area contributed by atoms with Crippen LogP contribution in [-0.2, 0) is 21.0 Å². The van der Waals surface area contributed by atoms with Gasteiger partial charge in [0.05, 0.1) is 5.71 Å². The molecular weight excluding hydrogens is 401 g/mol. The number of hydrogen-bond acceptors (Lipinski definition) is 6. The fourth-order valence-electron chi connectivity index (χ4n) is 3.12. The quantitative estimate of drug-likeness (QED) is 0.462. The van der Waals surface area contributed by atoms with Gasteiger partial charge in [0.15, 0.2) is 6.61 Å². The highest BCUT2D eigenvalue weighted by atomic mass is 19.1. The molecule has 1 amide bonds. The van der Waals surface area contributed by atoms with Crippen molar-refractivity contribution in [1.82, 2.24) is 10.3 Å². The molecule has 31 heavy (non-hydrogen) atoms. The van der Waals surface area contributed by atoms with Crippen molar-refractivity contribution in [2.24, 2.45) is 11.1 Å². The van der Waals surface area contributed by atoms with E-state index in [0.717, 1.165) is 42.9 Å². The number of rotatable bonds is 10. The normalized spacial score (nSPS) is 14.8. The molecule has 0 spiro atoms. The number of hydrogen-bond donors (Lipinski definition) is 1. The van der Waals surface area contributed by atoms with Crippen LogP contribution in [0.25, 0.3) is 0 Å². The van der Waals surface area contributed by atoms with Gasteiger partial charge >= 0.3 is 0 Å². The van der Waals surface area contributed by atoms with E-state index in [1.54, 1.807) is 24.4 Å². The molecule has 8 heteroatoms. The molecule has 1 N–H and O–H groups in total. The van der Waals surface area contributed by atoms with Gasteiger partial charge in [0.1, 0.15) is 12.4 Å². The maximum atomic E-state index is 12.9. The Hall–Kier alpha value is -3.00. The zero-order chi connectivity index (χ0) is 21.9. The number of pyridine rings is 1. The molecule has 0 bridgehead atoms. The van der Waals surface area contributed by atoms with E-state index in [-0.39, 0.29) is 24.9 Å². The van der Waals surface area contributed by atoms with Crippen molar-refractivity contribution in [1.29, 1.82) is 0 Å². The predicted molar refractivity (Wildman–Crippen MR) is 114 cm³/mol. The van der Waals surface area contributed by atoms with E-state index >= 15 is 0 Å². The number of carbonyl (C=O) groups is 1. The van der Waals surface area contributed by atoms with E-state index < -0.39 is 0 Å². The molecule has 1 aromatic carbocycles. The standard InChI is InChI=1S/C23H28FN3O4/c1-2-21(27-31-15-18-3-6-20(24)7-4-18)19-5-8-23(26-14-19)30-16-22(28)25-13-17-9-11-29-12-10-17/h3-8,14,17H,2,9-13,15-16H2,1H3,(H,25,28). The smallest absolute Gasteiger partial charge is 0.258 e. The Morgan fingerprint density at radius 2 is 2.00 bits per heavy atom. The summed E-state index contributed by atoms with van der Waals surface area (Å²) in [6.45, 7) is 4.30. The van der Waals surface area contributed by atoms with Gasteiger partial charge in [0.2, 0.25) is 5.88 Å². The summed E-state index contributed by atoms with van der Waals surface area (Å²) in [5.74, 6) is 0.383. The first-order valence-corrected chi connectivity index (χ1v) is 10.5. The van der Waals surface area contributed by atoms with Crippen molar-refractivity contribution >= 4 is 11.6 Å². The van der Waals surface area contributed by atoms with Crippen molar-refractivity contribution in [3.8, 4) is 5.88 Å². The van der Waals surface area contributed by atoms with Crippen LogP contribution >= 0.6 is 0 Å². The largest absolute Gasteiger partial charge is 0.468 e. The van der Waals surface area contributed by atoms with Crippen LogP contribution in [0, 0.1) is 11.7 Å². The van der Waals surface area contributed by atoms with Gasteiger partial charge in [-0.15, -0.1) is 0 Å². The van der Waals surface area contributed by atoms with Gasteiger partial charge in [-0.25, -0.2) is 9.37 Å². The molecule has 0 radical (unpaired) electrons. The Morgan fingerprint density at radius 1 is 1.23 bits per heavy atom. The first-order chi connectivity index (χ1) is 15.1. The molecule has 7 nitrogen and oxygen atoms in total. The van der Waals surface area contributed by atoms with Crippen molar-refractivity contribution < 1.29 is 23.5 Å². The van der Waals surface area contributed by atoms with Crippen LogP contribution < -0.4 is 10.1 Å². The summed E-state index contributed by atoms with van der Waals surface area (Å²) in [6, 6.07) is 9.61.